The van der Waals surface area contributed by atoms with Crippen LogP contribution in [0.15, 0.2) is 30.3 Å². The third-order valence-corrected chi connectivity index (χ3v) is 5.65. The molecule has 1 aromatic carbocycles. The third-order valence-electron chi connectivity index (χ3n) is 5.65. The number of nitrogens with one attached hydrogen (secondary N) is 1. The molecule has 24 heavy (non-hydrogen) atoms. The molecule has 4 nitrogen and oxygen atoms in total. The van der Waals surface area contributed by atoms with E-state index in [4.69, 9.17) is 10.5 Å². The zero-order chi connectivity index (χ0) is 16.8. The molecular formula is C19H31ClN2O2. The van der Waals surface area contributed by atoms with E-state index in [-0.39, 0.29) is 23.7 Å². The van der Waals surface area contributed by atoms with E-state index in [1.807, 2.05) is 19.9 Å². The first-order valence-electron chi connectivity index (χ1n) is 8.74. The second kappa shape index (κ2) is 9.40. The SMILES string of the molecule is CCC(CC)(CN)C(=O)NCC1(c2ccccc2)CCOCC1.Cl. The lowest BCUT2D eigenvalue weighted by molar-refractivity contribution is -0.131. The number of hydrogen-bond acceptors (Lipinski definition) is 3. The summed E-state index contributed by atoms with van der Waals surface area (Å²) in [7, 11) is 0. The van der Waals surface area contributed by atoms with Crippen molar-refractivity contribution in [2.24, 2.45) is 11.1 Å². The lowest BCUT2D eigenvalue weighted by Gasteiger charge is -2.39. The van der Waals surface area contributed by atoms with Crippen LogP contribution in [0.2, 0.25) is 0 Å². The molecule has 136 valence electrons. The molecular weight excluding hydrogens is 324 g/mol. The summed E-state index contributed by atoms with van der Waals surface area (Å²) >= 11 is 0. The average Bonchev–Trinajstić information content (AvgIpc) is 2.63. The summed E-state index contributed by atoms with van der Waals surface area (Å²) in [6.07, 6.45) is 3.41. The predicted octanol–water partition coefficient (Wildman–Crippen LogP) is 3.04. The molecule has 0 saturated carbocycles. The molecule has 0 spiro atoms. The van der Waals surface area contributed by atoms with Crippen LogP contribution in [0.3, 0.4) is 0 Å². The highest BCUT2D eigenvalue weighted by molar-refractivity contribution is 5.85. The quantitative estimate of drug-likeness (QED) is 0.791. The first-order chi connectivity index (χ1) is 11.1. The van der Waals surface area contributed by atoms with Crippen LogP contribution in [-0.2, 0) is 14.9 Å². The number of ether oxygens (including phenoxy) is 1. The van der Waals surface area contributed by atoms with Crippen LogP contribution in [0.1, 0.15) is 45.1 Å². The van der Waals surface area contributed by atoms with Crippen molar-refractivity contribution < 1.29 is 9.53 Å². The van der Waals surface area contributed by atoms with Crippen molar-refractivity contribution in [1.29, 1.82) is 0 Å². The maximum Gasteiger partial charge on any atom is 0.227 e. The molecule has 1 aliphatic heterocycles. The summed E-state index contributed by atoms with van der Waals surface area (Å²) in [5, 5.41) is 3.21. The van der Waals surface area contributed by atoms with Crippen molar-refractivity contribution in [3.8, 4) is 0 Å². The molecule has 3 N–H and O–H groups in total. The Balaban J connectivity index is 0.00000288. The van der Waals surface area contributed by atoms with E-state index < -0.39 is 5.41 Å². The molecule has 1 saturated heterocycles. The van der Waals surface area contributed by atoms with Gasteiger partial charge < -0.3 is 15.8 Å². The maximum atomic E-state index is 12.8. The molecule has 0 aromatic heterocycles. The number of carbonyl (C=O) groups is 1. The van der Waals surface area contributed by atoms with Crippen LogP contribution >= 0.6 is 12.4 Å². The van der Waals surface area contributed by atoms with Gasteiger partial charge in [-0.3, -0.25) is 4.79 Å². The molecule has 1 heterocycles. The van der Waals surface area contributed by atoms with Gasteiger partial charge in [-0.25, -0.2) is 0 Å². The van der Waals surface area contributed by atoms with Gasteiger partial charge in [0.15, 0.2) is 0 Å². The van der Waals surface area contributed by atoms with Crippen LogP contribution in [0.25, 0.3) is 0 Å². The van der Waals surface area contributed by atoms with Crippen molar-refractivity contribution in [3.63, 3.8) is 0 Å². The van der Waals surface area contributed by atoms with E-state index in [9.17, 15) is 4.79 Å². The van der Waals surface area contributed by atoms with Gasteiger partial charge in [-0.1, -0.05) is 44.2 Å². The molecule has 1 fully saturated rings. The Morgan fingerprint density at radius 2 is 1.79 bits per heavy atom. The van der Waals surface area contributed by atoms with E-state index in [1.54, 1.807) is 0 Å². The second-order valence-electron chi connectivity index (χ2n) is 6.63. The third kappa shape index (κ3) is 4.29. The van der Waals surface area contributed by atoms with Crippen LogP contribution < -0.4 is 11.1 Å². The van der Waals surface area contributed by atoms with E-state index in [0.717, 1.165) is 38.9 Å². The fourth-order valence-corrected chi connectivity index (χ4v) is 3.51. The largest absolute Gasteiger partial charge is 0.381 e. The number of halogens is 1. The van der Waals surface area contributed by atoms with Gasteiger partial charge in [0.2, 0.25) is 5.91 Å². The molecule has 1 aromatic rings. The Morgan fingerprint density at radius 3 is 2.29 bits per heavy atom. The fraction of sp³-hybridized carbons (Fsp3) is 0.632. The van der Waals surface area contributed by atoms with Crippen LogP contribution in [0, 0.1) is 5.41 Å². The minimum Gasteiger partial charge on any atom is -0.381 e. The Morgan fingerprint density at radius 1 is 1.21 bits per heavy atom. The predicted molar refractivity (Wildman–Crippen MR) is 101 cm³/mol. The van der Waals surface area contributed by atoms with Gasteiger partial charge in [0.1, 0.15) is 0 Å². The first kappa shape index (κ1) is 20.9. The Hall–Kier alpha value is -1.10. The topological polar surface area (TPSA) is 64.4 Å². The summed E-state index contributed by atoms with van der Waals surface area (Å²) in [6.45, 7) is 6.62. The maximum absolute atomic E-state index is 12.8. The first-order valence-corrected chi connectivity index (χ1v) is 8.74. The average molecular weight is 355 g/mol. The summed E-state index contributed by atoms with van der Waals surface area (Å²) in [5.74, 6) is 0.0896. The minimum atomic E-state index is -0.441. The van der Waals surface area contributed by atoms with Gasteiger partial charge in [0.25, 0.3) is 0 Å². The van der Waals surface area contributed by atoms with Gasteiger partial charge in [-0.2, -0.15) is 0 Å². The number of amides is 1. The molecule has 0 atom stereocenters. The summed E-state index contributed by atoms with van der Waals surface area (Å²) in [6, 6.07) is 10.5. The summed E-state index contributed by atoms with van der Waals surface area (Å²) < 4.78 is 5.55. The zero-order valence-electron chi connectivity index (χ0n) is 14.8. The Kier molecular flexibility index (Phi) is 8.20. The van der Waals surface area contributed by atoms with Crippen LogP contribution in [0.4, 0.5) is 0 Å². The lowest BCUT2D eigenvalue weighted by Crippen LogP contribution is -2.51. The van der Waals surface area contributed by atoms with E-state index >= 15 is 0 Å². The highest BCUT2D eigenvalue weighted by Crippen LogP contribution is 2.35. The number of nitrogens with two attached hydrogens (primary N) is 1. The number of hydrogen-bond donors (Lipinski definition) is 2. The van der Waals surface area contributed by atoms with Gasteiger partial charge in [-0.15, -0.1) is 12.4 Å². The van der Waals surface area contributed by atoms with Crippen molar-refractivity contribution in [2.45, 2.75) is 44.9 Å². The number of carbonyl (C=O) groups excluding carboxylic acids is 1. The number of rotatable bonds is 7. The summed E-state index contributed by atoms with van der Waals surface area (Å²) in [5.41, 5.74) is 6.72. The van der Waals surface area contributed by atoms with E-state index in [1.165, 1.54) is 5.56 Å². The lowest BCUT2D eigenvalue weighted by atomic mass is 9.73. The monoisotopic (exact) mass is 354 g/mol. The van der Waals surface area contributed by atoms with Crippen molar-refractivity contribution in [3.05, 3.63) is 35.9 Å². The van der Waals surface area contributed by atoms with Crippen molar-refractivity contribution in [2.75, 3.05) is 26.3 Å². The summed E-state index contributed by atoms with van der Waals surface area (Å²) in [4.78, 5) is 12.8. The van der Waals surface area contributed by atoms with Gasteiger partial charge >= 0.3 is 0 Å². The smallest absolute Gasteiger partial charge is 0.227 e. The van der Waals surface area contributed by atoms with Crippen molar-refractivity contribution >= 4 is 18.3 Å². The molecule has 0 unspecified atom stereocenters. The highest BCUT2D eigenvalue weighted by atomic mass is 35.5. The zero-order valence-corrected chi connectivity index (χ0v) is 15.7. The normalized spacial score (nSPS) is 17.0. The van der Waals surface area contributed by atoms with Gasteiger partial charge in [-0.05, 0) is 31.2 Å². The Labute approximate surface area is 151 Å². The minimum absolute atomic E-state index is 0. The van der Waals surface area contributed by atoms with E-state index in [0.29, 0.717) is 13.1 Å². The molecule has 1 amide bonds. The van der Waals surface area contributed by atoms with Crippen LogP contribution in [0.5, 0.6) is 0 Å². The van der Waals surface area contributed by atoms with Crippen LogP contribution in [-0.4, -0.2) is 32.2 Å². The van der Waals surface area contributed by atoms with Gasteiger partial charge in [0.05, 0.1) is 5.41 Å². The molecule has 0 aliphatic carbocycles. The highest BCUT2D eigenvalue weighted by Gasteiger charge is 2.38. The second-order valence-corrected chi connectivity index (χ2v) is 6.63. The molecule has 5 heteroatoms. The molecule has 0 bridgehead atoms. The molecule has 2 rings (SSSR count). The van der Waals surface area contributed by atoms with Crippen molar-refractivity contribution in [1.82, 2.24) is 5.32 Å². The molecule has 1 aliphatic rings. The fourth-order valence-electron chi connectivity index (χ4n) is 3.51. The Bertz CT molecular complexity index is 489. The van der Waals surface area contributed by atoms with E-state index in [2.05, 4.69) is 29.6 Å². The standard InChI is InChI=1S/C19H30N2O2.ClH/c1-3-18(4-2,14-20)17(22)21-15-19(10-12-23-13-11-19)16-8-6-5-7-9-16;/h5-9H,3-4,10-15,20H2,1-2H3,(H,21,22);1H. The van der Waals surface area contributed by atoms with Gasteiger partial charge in [0, 0.05) is 31.7 Å². The number of benzene rings is 1. The molecule has 0 radical (unpaired) electrons.